The van der Waals surface area contributed by atoms with Crippen LogP contribution in [0.25, 0.3) is 0 Å². The smallest absolute Gasteiger partial charge is 0.240 e. The van der Waals surface area contributed by atoms with E-state index in [-0.39, 0.29) is 0 Å². The van der Waals surface area contributed by atoms with Crippen molar-refractivity contribution in [3.63, 3.8) is 0 Å². The Balaban J connectivity index is 1.63. The Kier molecular flexibility index (Phi) is 2.65. The highest BCUT2D eigenvalue weighted by Gasteiger charge is 2.29. The minimum Gasteiger partial charge on any atom is -0.338 e. The van der Waals surface area contributed by atoms with E-state index in [2.05, 4.69) is 27.3 Å². The van der Waals surface area contributed by atoms with Gasteiger partial charge >= 0.3 is 0 Å². The lowest BCUT2D eigenvalue weighted by atomic mass is 10.2. The molecule has 16 heavy (non-hydrogen) atoms. The summed E-state index contributed by atoms with van der Waals surface area (Å²) < 4.78 is 5.29. The summed E-state index contributed by atoms with van der Waals surface area (Å²) in [5.41, 5.74) is 0. The predicted octanol–water partition coefficient (Wildman–Crippen LogP) is 0.741. The molecule has 1 aromatic rings. The van der Waals surface area contributed by atoms with E-state index in [1.807, 2.05) is 0 Å². The average Bonchev–Trinajstić information content (AvgIpc) is 3.03. The molecule has 1 aliphatic heterocycles. The summed E-state index contributed by atoms with van der Waals surface area (Å²) in [5.74, 6) is 2.27. The van der Waals surface area contributed by atoms with Gasteiger partial charge in [0.1, 0.15) is 0 Å². The Labute approximate surface area is 95.2 Å². The highest BCUT2D eigenvalue weighted by Crippen LogP contribution is 2.38. The molecule has 5 heteroatoms. The zero-order valence-electron chi connectivity index (χ0n) is 9.65. The first-order chi connectivity index (χ1) is 7.83. The fourth-order valence-corrected chi connectivity index (χ4v) is 2.13. The van der Waals surface area contributed by atoms with Gasteiger partial charge in [0.2, 0.25) is 5.89 Å². The van der Waals surface area contributed by atoms with Crippen molar-refractivity contribution in [1.82, 2.24) is 20.4 Å². The van der Waals surface area contributed by atoms with E-state index >= 15 is 0 Å². The Hall–Kier alpha value is -0.940. The number of hydrogen-bond acceptors (Lipinski definition) is 5. The number of piperazine rings is 1. The topological polar surface area (TPSA) is 54.2 Å². The summed E-state index contributed by atoms with van der Waals surface area (Å²) in [6.45, 7) is 6.17. The summed E-state index contributed by atoms with van der Waals surface area (Å²) in [4.78, 5) is 6.85. The molecule has 2 aliphatic rings. The normalized spacial score (nSPS) is 27.2. The molecule has 0 bridgehead atoms. The van der Waals surface area contributed by atoms with Crippen molar-refractivity contribution in [2.24, 2.45) is 0 Å². The van der Waals surface area contributed by atoms with Gasteiger partial charge in [-0.1, -0.05) is 5.16 Å². The van der Waals surface area contributed by atoms with Crippen LogP contribution in [0.15, 0.2) is 4.52 Å². The second kappa shape index (κ2) is 4.14. The van der Waals surface area contributed by atoms with E-state index in [4.69, 9.17) is 4.52 Å². The second-order valence-corrected chi connectivity index (χ2v) is 4.84. The monoisotopic (exact) mass is 222 g/mol. The Morgan fingerprint density at radius 1 is 1.50 bits per heavy atom. The van der Waals surface area contributed by atoms with E-state index in [0.717, 1.165) is 37.9 Å². The fourth-order valence-electron chi connectivity index (χ4n) is 2.13. The maximum atomic E-state index is 5.29. The summed E-state index contributed by atoms with van der Waals surface area (Å²) >= 11 is 0. The third-order valence-electron chi connectivity index (χ3n) is 3.40. The van der Waals surface area contributed by atoms with Gasteiger partial charge in [-0.2, -0.15) is 4.98 Å². The lowest BCUT2D eigenvalue weighted by molar-refractivity contribution is 0.146. The van der Waals surface area contributed by atoms with Crippen LogP contribution >= 0.6 is 0 Å². The molecule has 2 heterocycles. The van der Waals surface area contributed by atoms with Gasteiger partial charge < -0.3 is 9.84 Å². The maximum Gasteiger partial charge on any atom is 0.240 e. The highest BCUT2D eigenvalue weighted by atomic mass is 16.5. The highest BCUT2D eigenvalue weighted by molar-refractivity contribution is 5.03. The summed E-state index contributed by atoms with van der Waals surface area (Å²) in [6.07, 6.45) is 2.45. The van der Waals surface area contributed by atoms with Crippen LogP contribution in [-0.4, -0.2) is 40.7 Å². The number of rotatable bonds is 3. The first-order valence-electron chi connectivity index (χ1n) is 6.10. The van der Waals surface area contributed by atoms with E-state index in [0.29, 0.717) is 12.0 Å². The van der Waals surface area contributed by atoms with Crippen LogP contribution in [0.2, 0.25) is 0 Å². The molecule has 1 aromatic heterocycles. The van der Waals surface area contributed by atoms with Crippen LogP contribution in [0.1, 0.15) is 37.4 Å². The van der Waals surface area contributed by atoms with Crippen LogP contribution < -0.4 is 5.32 Å². The first-order valence-corrected chi connectivity index (χ1v) is 6.10. The van der Waals surface area contributed by atoms with Crippen molar-refractivity contribution in [3.05, 3.63) is 11.7 Å². The Morgan fingerprint density at radius 3 is 3.12 bits per heavy atom. The number of aromatic nitrogens is 2. The quantitative estimate of drug-likeness (QED) is 0.817. The van der Waals surface area contributed by atoms with Gasteiger partial charge in [0.05, 0.1) is 6.54 Å². The third kappa shape index (κ3) is 2.10. The van der Waals surface area contributed by atoms with Crippen LogP contribution in [0.3, 0.4) is 0 Å². The maximum absolute atomic E-state index is 5.29. The number of hydrogen-bond donors (Lipinski definition) is 1. The van der Waals surface area contributed by atoms with Gasteiger partial charge in [-0.05, 0) is 19.8 Å². The molecule has 1 N–H and O–H groups in total. The van der Waals surface area contributed by atoms with Gasteiger partial charge in [-0.3, -0.25) is 4.90 Å². The van der Waals surface area contributed by atoms with Crippen LogP contribution in [0.5, 0.6) is 0 Å². The molecule has 0 unspecified atom stereocenters. The van der Waals surface area contributed by atoms with Crippen molar-refractivity contribution in [2.45, 2.75) is 38.3 Å². The molecule has 0 amide bonds. The Bertz CT molecular complexity index is 361. The molecule has 1 aliphatic carbocycles. The van der Waals surface area contributed by atoms with Crippen LogP contribution in [0, 0.1) is 0 Å². The van der Waals surface area contributed by atoms with Crippen molar-refractivity contribution in [1.29, 1.82) is 0 Å². The molecule has 5 nitrogen and oxygen atoms in total. The minimum absolute atomic E-state index is 0.546. The molecular weight excluding hydrogens is 204 g/mol. The molecule has 1 saturated heterocycles. The van der Waals surface area contributed by atoms with E-state index < -0.39 is 0 Å². The average molecular weight is 222 g/mol. The molecule has 2 fully saturated rings. The molecule has 1 saturated carbocycles. The zero-order valence-corrected chi connectivity index (χ0v) is 9.65. The van der Waals surface area contributed by atoms with Gasteiger partial charge in [-0.25, -0.2) is 0 Å². The number of nitrogens with zero attached hydrogens (tertiary/aromatic N) is 3. The summed E-state index contributed by atoms with van der Waals surface area (Å²) in [7, 11) is 0. The molecule has 3 rings (SSSR count). The lowest BCUT2D eigenvalue weighted by Gasteiger charge is -2.32. The molecule has 0 radical (unpaired) electrons. The van der Waals surface area contributed by atoms with E-state index in [1.165, 1.54) is 12.8 Å². The van der Waals surface area contributed by atoms with Gasteiger partial charge in [-0.15, -0.1) is 0 Å². The molecule has 0 spiro atoms. The second-order valence-electron chi connectivity index (χ2n) is 4.84. The standard InChI is InChI=1S/C11H18N4O/c1-8-6-12-4-5-15(8)7-10-13-11(14-16-10)9-2-3-9/h8-9,12H,2-7H2,1H3/t8-/m0/s1. The van der Waals surface area contributed by atoms with Gasteiger partial charge in [0.15, 0.2) is 5.82 Å². The largest absolute Gasteiger partial charge is 0.338 e. The molecule has 0 aromatic carbocycles. The van der Waals surface area contributed by atoms with Crippen molar-refractivity contribution in [2.75, 3.05) is 19.6 Å². The summed E-state index contributed by atoms with van der Waals surface area (Å²) in [6, 6.07) is 0.546. The first kappa shape index (κ1) is 10.2. The third-order valence-corrected chi connectivity index (χ3v) is 3.40. The molecule has 1 atom stereocenters. The fraction of sp³-hybridized carbons (Fsp3) is 0.818. The summed E-state index contributed by atoms with van der Waals surface area (Å²) in [5, 5.41) is 7.42. The predicted molar refractivity (Wildman–Crippen MR) is 59.0 cm³/mol. The van der Waals surface area contributed by atoms with E-state index in [1.54, 1.807) is 0 Å². The van der Waals surface area contributed by atoms with Crippen molar-refractivity contribution in [3.8, 4) is 0 Å². The van der Waals surface area contributed by atoms with E-state index in [9.17, 15) is 0 Å². The van der Waals surface area contributed by atoms with Crippen LogP contribution in [-0.2, 0) is 6.54 Å². The van der Waals surface area contributed by atoms with Crippen molar-refractivity contribution >= 4 is 0 Å². The van der Waals surface area contributed by atoms with Crippen LogP contribution in [0.4, 0.5) is 0 Å². The van der Waals surface area contributed by atoms with Gasteiger partial charge in [0, 0.05) is 31.6 Å². The zero-order chi connectivity index (χ0) is 11.0. The number of nitrogens with one attached hydrogen (secondary N) is 1. The Morgan fingerprint density at radius 2 is 2.38 bits per heavy atom. The SMILES string of the molecule is C[C@H]1CNCCN1Cc1nc(C2CC2)no1. The lowest BCUT2D eigenvalue weighted by Crippen LogP contribution is -2.49. The van der Waals surface area contributed by atoms with Gasteiger partial charge in [0.25, 0.3) is 0 Å². The molecule has 88 valence electrons. The van der Waals surface area contributed by atoms with Crippen molar-refractivity contribution < 1.29 is 4.52 Å². The minimum atomic E-state index is 0.546. The molecular formula is C11H18N4O.